The molecule has 2 aromatic rings. The van der Waals surface area contributed by atoms with Crippen LogP contribution in [-0.4, -0.2) is 24.8 Å². The molecular weight excluding hydrogens is 234 g/mol. The Kier molecular flexibility index (Phi) is 3.06. The lowest BCUT2D eigenvalue weighted by Crippen LogP contribution is -2.25. The lowest BCUT2D eigenvalue weighted by molar-refractivity contribution is 0.0598. The van der Waals surface area contributed by atoms with E-state index in [1.807, 2.05) is 0 Å². The topological polar surface area (TPSA) is 57.5 Å². The Labute approximate surface area is 104 Å². The molecule has 0 fully saturated rings. The van der Waals surface area contributed by atoms with Crippen molar-refractivity contribution in [3.05, 3.63) is 40.2 Å². The van der Waals surface area contributed by atoms with Crippen LogP contribution in [0.25, 0.3) is 10.9 Å². The number of carbonyl (C=O) groups excluding carboxylic acids is 1. The van der Waals surface area contributed by atoms with E-state index in [0.29, 0.717) is 5.75 Å². The van der Waals surface area contributed by atoms with Crippen LogP contribution in [0.1, 0.15) is 10.4 Å². The number of esters is 1. The minimum atomic E-state index is -0.639. The highest BCUT2D eigenvalue weighted by Gasteiger charge is 2.14. The Morgan fingerprint density at radius 1 is 1.22 bits per heavy atom. The number of methoxy groups -OCH3 is 2. The molecule has 94 valence electrons. The molecule has 2 rings (SSSR count). The molecule has 5 heteroatoms. The van der Waals surface area contributed by atoms with Crippen molar-refractivity contribution in [2.75, 3.05) is 14.2 Å². The monoisotopic (exact) mass is 247 g/mol. The molecule has 0 aliphatic heterocycles. The average molecular weight is 247 g/mol. The van der Waals surface area contributed by atoms with Crippen LogP contribution < -0.4 is 10.3 Å². The number of nitrogens with zero attached hydrogens (tertiary/aromatic N) is 1. The van der Waals surface area contributed by atoms with E-state index in [2.05, 4.69) is 4.74 Å². The summed E-state index contributed by atoms with van der Waals surface area (Å²) in [6.07, 6.45) is 0. The predicted octanol–water partition coefficient (Wildman–Crippen LogP) is 1.33. The minimum Gasteiger partial charge on any atom is -0.497 e. The minimum absolute atomic E-state index is 0.0146. The highest BCUT2D eigenvalue weighted by molar-refractivity contribution is 5.94. The van der Waals surface area contributed by atoms with Gasteiger partial charge >= 0.3 is 5.97 Å². The Morgan fingerprint density at radius 3 is 2.56 bits per heavy atom. The van der Waals surface area contributed by atoms with Gasteiger partial charge in [-0.15, -0.1) is 0 Å². The number of benzene rings is 1. The maximum Gasteiger partial charge on any atom is 0.343 e. The molecule has 0 saturated heterocycles. The van der Waals surface area contributed by atoms with E-state index in [1.165, 1.54) is 17.7 Å². The van der Waals surface area contributed by atoms with Gasteiger partial charge in [0.15, 0.2) is 0 Å². The van der Waals surface area contributed by atoms with Gasteiger partial charge in [-0.3, -0.25) is 4.79 Å². The zero-order valence-electron chi connectivity index (χ0n) is 10.4. The summed E-state index contributed by atoms with van der Waals surface area (Å²) in [6.45, 7) is 0. The number of fused-ring (bicyclic) bond motifs is 1. The summed E-state index contributed by atoms with van der Waals surface area (Å²) >= 11 is 0. The molecule has 0 N–H and O–H groups in total. The number of hydrogen-bond donors (Lipinski definition) is 0. The zero-order chi connectivity index (χ0) is 13.3. The highest BCUT2D eigenvalue weighted by Crippen LogP contribution is 2.20. The number of pyridine rings is 1. The molecular formula is C13H13NO4. The van der Waals surface area contributed by atoms with Crippen LogP contribution in [0.3, 0.4) is 0 Å². The zero-order valence-corrected chi connectivity index (χ0v) is 10.4. The standard InChI is InChI=1S/C13H13NO4/c1-14-11-5-4-9(17-2)6-8(11)7-10(12(14)15)13(16)18-3/h4-7H,1-3H3. The molecule has 0 amide bonds. The van der Waals surface area contributed by atoms with E-state index in [4.69, 9.17) is 4.74 Å². The van der Waals surface area contributed by atoms with Crippen LogP contribution in [-0.2, 0) is 11.8 Å². The summed E-state index contributed by atoms with van der Waals surface area (Å²) in [5.74, 6) is 0.0253. The fraction of sp³-hybridized carbons (Fsp3) is 0.231. The van der Waals surface area contributed by atoms with Gasteiger partial charge in [0, 0.05) is 12.4 Å². The van der Waals surface area contributed by atoms with Gasteiger partial charge in [-0.05, 0) is 24.3 Å². The van der Waals surface area contributed by atoms with Crippen molar-refractivity contribution in [1.29, 1.82) is 0 Å². The lowest BCUT2D eigenvalue weighted by Gasteiger charge is -2.09. The van der Waals surface area contributed by atoms with Crippen molar-refractivity contribution in [1.82, 2.24) is 4.57 Å². The maximum absolute atomic E-state index is 12.0. The summed E-state index contributed by atoms with van der Waals surface area (Å²) in [5.41, 5.74) is 0.369. The van der Waals surface area contributed by atoms with Gasteiger partial charge < -0.3 is 14.0 Å². The molecule has 0 radical (unpaired) electrons. The molecule has 0 spiro atoms. The third-order valence-electron chi connectivity index (χ3n) is 2.84. The van der Waals surface area contributed by atoms with Gasteiger partial charge in [0.25, 0.3) is 5.56 Å². The van der Waals surface area contributed by atoms with Crippen molar-refractivity contribution >= 4 is 16.9 Å². The molecule has 0 bridgehead atoms. The SMILES string of the molecule is COC(=O)c1cc2cc(OC)ccc2n(C)c1=O. The fourth-order valence-electron chi connectivity index (χ4n) is 1.84. The van der Waals surface area contributed by atoms with Gasteiger partial charge in [0.1, 0.15) is 11.3 Å². The Bertz CT molecular complexity index is 672. The van der Waals surface area contributed by atoms with Crippen LogP contribution in [0, 0.1) is 0 Å². The van der Waals surface area contributed by atoms with Crippen LogP contribution in [0.2, 0.25) is 0 Å². The number of ether oxygens (including phenoxy) is 2. The Balaban J connectivity index is 2.80. The largest absolute Gasteiger partial charge is 0.497 e. The van der Waals surface area contributed by atoms with Gasteiger partial charge in [-0.25, -0.2) is 4.79 Å². The van der Waals surface area contributed by atoms with Crippen molar-refractivity contribution in [2.45, 2.75) is 0 Å². The summed E-state index contributed by atoms with van der Waals surface area (Å²) in [7, 11) is 4.42. The molecule has 0 saturated carbocycles. The number of hydrogen-bond acceptors (Lipinski definition) is 4. The first-order chi connectivity index (χ1) is 8.58. The van der Waals surface area contributed by atoms with Crippen LogP contribution >= 0.6 is 0 Å². The molecule has 5 nitrogen and oxygen atoms in total. The lowest BCUT2D eigenvalue weighted by atomic mass is 10.1. The summed E-state index contributed by atoms with van der Waals surface area (Å²) in [5, 5.41) is 0.747. The smallest absolute Gasteiger partial charge is 0.343 e. The number of rotatable bonds is 2. The second-order valence-electron chi connectivity index (χ2n) is 3.84. The molecule has 0 aliphatic carbocycles. The van der Waals surface area contributed by atoms with E-state index in [9.17, 15) is 9.59 Å². The quantitative estimate of drug-likeness (QED) is 0.751. The fourth-order valence-corrected chi connectivity index (χ4v) is 1.84. The molecule has 0 atom stereocenters. The summed E-state index contributed by atoms with van der Waals surface area (Å²) in [6, 6.07) is 6.82. The Hall–Kier alpha value is -2.30. The van der Waals surface area contributed by atoms with Crippen LogP contribution in [0.15, 0.2) is 29.1 Å². The first-order valence-electron chi connectivity index (χ1n) is 5.34. The summed E-state index contributed by atoms with van der Waals surface area (Å²) in [4.78, 5) is 23.5. The van der Waals surface area contributed by atoms with Crippen molar-refractivity contribution in [3.63, 3.8) is 0 Å². The van der Waals surface area contributed by atoms with Gasteiger partial charge in [0.2, 0.25) is 0 Å². The normalized spacial score (nSPS) is 10.4. The molecule has 18 heavy (non-hydrogen) atoms. The molecule has 1 aromatic heterocycles. The van der Waals surface area contributed by atoms with Crippen LogP contribution in [0.5, 0.6) is 5.75 Å². The van der Waals surface area contributed by atoms with E-state index >= 15 is 0 Å². The highest BCUT2D eigenvalue weighted by atomic mass is 16.5. The molecule has 1 aromatic carbocycles. The molecule has 0 aliphatic rings. The van der Waals surface area contributed by atoms with E-state index in [0.717, 1.165) is 10.9 Å². The number of aromatic nitrogens is 1. The van der Waals surface area contributed by atoms with Gasteiger partial charge in [-0.1, -0.05) is 0 Å². The third kappa shape index (κ3) is 1.84. The van der Waals surface area contributed by atoms with E-state index in [1.54, 1.807) is 32.4 Å². The number of carbonyl (C=O) groups is 1. The molecule has 0 unspecified atom stereocenters. The number of aryl methyl sites for hydroxylation is 1. The average Bonchev–Trinajstić information content (AvgIpc) is 2.41. The first-order valence-corrected chi connectivity index (χ1v) is 5.34. The third-order valence-corrected chi connectivity index (χ3v) is 2.84. The van der Waals surface area contributed by atoms with Crippen LogP contribution in [0.4, 0.5) is 0 Å². The van der Waals surface area contributed by atoms with Crippen molar-refractivity contribution < 1.29 is 14.3 Å². The van der Waals surface area contributed by atoms with E-state index < -0.39 is 5.97 Å². The second kappa shape index (κ2) is 4.52. The van der Waals surface area contributed by atoms with E-state index in [-0.39, 0.29) is 11.1 Å². The van der Waals surface area contributed by atoms with Crippen molar-refractivity contribution in [3.8, 4) is 5.75 Å². The Morgan fingerprint density at radius 2 is 1.94 bits per heavy atom. The van der Waals surface area contributed by atoms with Crippen molar-refractivity contribution in [2.24, 2.45) is 7.05 Å². The maximum atomic E-state index is 12.0. The van der Waals surface area contributed by atoms with Gasteiger partial charge in [-0.2, -0.15) is 0 Å². The second-order valence-corrected chi connectivity index (χ2v) is 3.84. The first kappa shape index (κ1) is 12.2. The predicted molar refractivity (Wildman–Crippen MR) is 67.1 cm³/mol. The molecule has 1 heterocycles. The van der Waals surface area contributed by atoms with Gasteiger partial charge in [0.05, 0.1) is 19.7 Å². The summed E-state index contributed by atoms with van der Waals surface area (Å²) < 4.78 is 11.1.